The van der Waals surface area contributed by atoms with Gasteiger partial charge >= 0.3 is 11.8 Å². The maximum absolute atomic E-state index is 10.5. The van der Waals surface area contributed by atoms with Crippen LogP contribution in [0.5, 0.6) is 0 Å². The number of nitro groups is 1. The van der Waals surface area contributed by atoms with E-state index in [4.69, 9.17) is 5.11 Å². The maximum atomic E-state index is 10.5. The molecule has 0 unspecified atom stereocenters. The average molecular weight is 182 g/mol. The second-order valence-electron chi connectivity index (χ2n) is 2.36. The van der Waals surface area contributed by atoms with Crippen molar-refractivity contribution in [3.05, 3.63) is 33.5 Å². The molecule has 1 aromatic heterocycles. The largest absolute Gasteiger partial charge is 0.478 e. The molecule has 0 spiro atoms. The number of carboxylic acids is 1. The van der Waals surface area contributed by atoms with Gasteiger partial charge in [-0.05, 0) is 16.0 Å². The lowest BCUT2D eigenvalue weighted by molar-refractivity contribution is -0.389. The van der Waals surface area contributed by atoms with Crippen molar-refractivity contribution in [2.75, 3.05) is 0 Å². The van der Waals surface area contributed by atoms with E-state index in [1.54, 1.807) is 0 Å². The van der Waals surface area contributed by atoms with Crippen molar-refractivity contribution in [2.45, 2.75) is 6.92 Å². The van der Waals surface area contributed by atoms with E-state index in [0.717, 1.165) is 6.07 Å². The van der Waals surface area contributed by atoms with Crippen LogP contribution in [0.25, 0.3) is 0 Å². The number of pyridine rings is 1. The molecule has 0 amide bonds. The molecule has 0 saturated carbocycles. The Kier molecular flexibility index (Phi) is 2.23. The number of carboxylic acid groups (broad SMARTS) is 1. The third-order valence-corrected chi connectivity index (χ3v) is 1.49. The van der Waals surface area contributed by atoms with Gasteiger partial charge in [-0.2, -0.15) is 0 Å². The van der Waals surface area contributed by atoms with Crippen LogP contribution in [0.2, 0.25) is 0 Å². The van der Waals surface area contributed by atoms with E-state index in [9.17, 15) is 14.9 Å². The Morgan fingerprint density at radius 1 is 1.62 bits per heavy atom. The molecule has 0 atom stereocenters. The van der Waals surface area contributed by atoms with Crippen molar-refractivity contribution in [1.82, 2.24) is 4.98 Å². The van der Waals surface area contributed by atoms with Crippen LogP contribution in [0.15, 0.2) is 12.1 Å². The van der Waals surface area contributed by atoms with Crippen molar-refractivity contribution in [2.24, 2.45) is 0 Å². The predicted molar refractivity (Wildman–Crippen MR) is 42.6 cm³/mol. The summed E-state index contributed by atoms with van der Waals surface area (Å²) < 4.78 is 0. The van der Waals surface area contributed by atoms with Crippen LogP contribution in [-0.2, 0) is 0 Å². The molecule has 0 aliphatic carbocycles. The number of aromatic carboxylic acids is 1. The summed E-state index contributed by atoms with van der Waals surface area (Å²) in [6.07, 6.45) is 0. The minimum absolute atomic E-state index is 0.0226. The highest BCUT2D eigenvalue weighted by Gasteiger charge is 2.15. The Labute approximate surface area is 73.0 Å². The number of hydrogen-bond acceptors (Lipinski definition) is 4. The van der Waals surface area contributed by atoms with Gasteiger partial charge in [0.05, 0.1) is 0 Å². The van der Waals surface area contributed by atoms with Crippen molar-refractivity contribution < 1.29 is 14.8 Å². The number of nitrogens with zero attached hydrogens (tertiary/aromatic N) is 2. The summed E-state index contributed by atoms with van der Waals surface area (Å²) in [6.45, 7) is 1.41. The molecule has 0 fully saturated rings. The van der Waals surface area contributed by atoms with Crippen molar-refractivity contribution in [3.63, 3.8) is 0 Å². The van der Waals surface area contributed by atoms with Crippen LogP contribution >= 0.6 is 0 Å². The van der Waals surface area contributed by atoms with E-state index in [1.807, 2.05) is 0 Å². The van der Waals surface area contributed by atoms with Gasteiger partial charge in [-0.1, -0.05) is 0 Å². The molecule has 1 aromatic rings. The number of aryl methyl sites for hydroxylation is 1. The summed E-state index contributed by atoms with van der Waals surface area (Å²) in [5.74, 6) is -1.48. The summed E-state index contributed by atoms with van der Waals surface area (Å²) in [5.41, 5.74) is 0.118. The van der Waals surface area contributed by atoms with Gasteiger partial charge in [0.15, 0.2) is 5.69 Å². The molecule has 6 nitrogen and oxygen atoms in total. The molecule has 1 rings (SSSR count). The molecule has 0 saturated heterocycles. The zero-order valence-corrected chi connectivity index (χ0v) is 6.72. The summed E-state index contributed by atoms with van der Waals surface area (Å²) in [5, 5.41) is 18.8. The summed E-state index contributed by atoms with van der Waals surface area (Å²) in [7, 11) is 0. The van der Waals surface area contributed by atoms with Gasteiger partial charge in [-0.25, -0.2) is 4.79 Å². The second kappa shape index (κ2) is 3.18. The molecule has 0 bridgehead atoms. The van der Waals surface area contributed by atoms with Crippen LogP contribution in [0, 0.1) is 17.0 Å². The van der Waals surface area contributed by atoms with Crippen LogP contribution in [-0.4, -0.2) is 21.0 Å². The minimum Gasteiger partial charge on any atom is -0.478 e. The van der Waals surface area contributed by atoms with Crippen LogP contribution in [0.3, 0.4) is 0 Å². The molecule has 68 valence electrons. The molecule has 0 aliphatic heterocycles. The Morgan fingerprint density at radius 2 is 2.23 bits per heavy atom. The first-order valence-electron chi connectivity index (χ1n) is 3.37. The first-order chi connectivity index (χ1) is 6.02. The Balaban J connectivity index is 3.20. The van der Waals surface area contributed by atoms with Crippen LogP contribution in [0.1, 0.15) is 16.1 Å². The lowest BCUT2D eigenvalue weighted by Crippen LogP contribution is -2.03. The van der Waals surface area contributed by atoms with Gasteiger partial charge in [0.25, 0.3) is 0 Å². The molecular formula is C7H6N2O4. The highest BCUT2D eigenvalue weighted by molar-refractivity contribution is 5.88. The van der Waals surface area contributed by atoms with E-state index in [2.05, 4.69) is 4.98 Å². The van der Waals surface area contributed by atoms with Gasteiger partial charge in [0, 0.05) is 13.0 Å². The van der Waals surface area contributed by atoms with Crippen LogP contribution in [0.4, 0.5) is 5.82 Å². The molecule has 1 N–H and O–H groups in total. The lowest BCUT2D eigenvalue weighted by atomic mass is 10.2. The molecule has 0 aromatic carbocycles. The van der Waals surface area contributed by atoms with Gasteiger partial charge in [0.2, 0.25) is 0 Å². The zero-order chi connectivity index (χ0) is 10.0. The van der Waals surface area contributed by atoms with Gasteiger partial charge in [-0.15, -0.1) is 0 Å². The number of aromatic nitrogens is 1. The number of rotatable bonds is 2. The van der Waals surface area contributed by atoms with E-state index in [1.165, 1.54) is 13.0 Å². The van der Waals surface area contributed by atoms with Crippen molar-refractivity contribution in [3.8, 4) is 0 Å². The molecule has 13 heavy (non-hydrogen) atoms. The first-order valence-corrected chi connectivity index (χ1v) is 3.37. The molecule has 0 radical (unpaired) electrons. The highest BCUT2D eigenvalue weighted by atomic mass is 16.6. The normalized spacial score (nSPS) is 9.62. The third-order valence-electron chi connectivity index (χ3n) is 1.49. The fraction of sp³-hybridized carbons (Fsp3) is 0.143. The smallest absolute Gasteiger partial charge is 0.363 e. The molecular weight excluding hydrogens is 176 g/mol. The fourth-order valence-corrected chi connectivity index (χ4v) is 0.876. The second-order valence-corrected chi connectivity index (χ2v) is 2.36. The van der Waals surface area contributed by atoms with Crippen molar-refractivity contribution >= 4 is 11.8 Å². The Morgan fingerprint density at radius 3 is 2.62 bits per heavy atom. The summed E-state index contributed by atoms with van der Waals surface area (Å²) >= 11 is 0. The Bertz CT molecular complexity index is 375. The Hall–Kier alpha value is -1.98. The summed E-state index contributed by atoms with van der Waals surface area (Å²) in [4.78, 5) is 23.6. The average Bonchev–Trinajstić information content (AvgIpc) is 2.03. The zero-order valence-electron chi connectivity index (χ0n) is 6.72. The number of hydrogen-bond donors (Lipinski definition) is 1. The maximum Gasteiger partial charge on any atom is 0.363 e. The summed E-state index contributed by atoms with van der Waals surface area (Å²) in [6, 6.07) is 2.24. The van der Waals surface area contributed by atoms with Crippen LogP contribution < -0.4 is 0 Å². The molecule has 6 heteroatoms. The molecule has 0 aliphatic rings. The van der Waals surface area contributed by atoms with E-state index in [0.29, 0.717) is 0 Å². The first kappa shape index (κ1) is 9.11. The molecule has 1 heterocycles. The third kappa shape index (κ3) is 1.78. The van der Waals surface area contributed by atoms with Gasteiger partial charge < -0.3 is 15.2 Å². The predicted octanol–water partition coefficient (Wildman–Crippen LogP) is 0.996. The minimum atomic E-state index is -1.14. The number of carbonyl (C=O) groups is 1. The van der Waals surface area contributed by atoms with E-state index < -0.39 is 10.9 Å². The van der Waals surface area contributed by atoms with Crippen molar-refractivity contribution in [1.29, 1.82) is 0 Å². The fourth-order valence-electron chi connectivity index (χ4n) is 0.876. The van der Waals surface area contributed by atoms with E-state index >= 15 is 0 Å². The quantitative estimate of drug-likeness (QED) is 0.543. The van der Waals surface area contributed by atoms with E-state index in [-0.39, 0.29) is 17.1 Å². The SMILES string of the molecule is Cc1nc([N+](=O)[O-])ccc1C(=O)O. The lowest BCUT2D eigenvalue weighted by Gasteiger charge is -1.95. The highest BCUT2D eigenvalue weighted by Crippen LogP contribution is 2.11. The topological polar surface area (TPSA) is 93.3 Å². The standard InChI is InChI=1S/C7H6N2O4/c1-4-5(7(10)11)2-3-6(8-4)9(12)13/h2-3H,1H3,(H,10,11). The van der Waals surface area contributed by atoms with Gasteiger partial charge in [0.1, 0.15) is 5.56 Å². The van der Waals surface area contributed by atoms with Gasteiger partial charge in [-0.3, -0.25) is 0 Å². The monoisotopic (exact) mass is 182 g/mol.